The Hall–Kier alpha value is -1.92. The molecule has 0 saturated heterocycles. The van der Waals surface area contributed by atoms with Crippen LogP contribution in [0.1, 0.15) is 161 Å². The van der Waals surface area contributed by atoms with Crippen molar-refractivity contribution in [3.63, 3.8) is 0 Å². The second kappa shape index (κ2) is 21.8. The highest BCUT2D eigenvalue weighted by Gasteiger charge is 2.32. The van der Waals surface area contributed by atoms with Crippen LogP contribution in [0.15, 0.2) is 36.4 Å². The quantitative estimate of drug-likeness (QED) is 0.100. The molecule has 0 aliphatic carbocycles. The molecule has 2 rings (SSSR count). The lowest BCUT2D eigenvalue weighted by Gasteiger charge is -2.35. The zero-order chi connectivity index (χ0) is 33.9. The van der Waals surface area contributed by atoms with E-state index in [9.17, 15) is 17.6 Å². The van der Waals surface area contributed by atoms with Crippen LogP contribution in [0.2, 0.25) is 0 Å². The summed E-state index contributed by atoms with van der Waals surface area (Å²) in [7, 11) is 1.67. The van der Waals surface area contributed by atoms with Crippen molar-refractivity contribution in [1.29, 1.82) is 0 Å². The fraction of sp³-hybridized carbons (Fsp3) is 0.692. The Morgan fingerprint density at radius 1 is 0.533 bits per heavy atom. The van der Waals surface area contributed by atoms with Gasteiger partial charge in [-0.15, -0.1) is 0 Å². The lowest BCUT2D eigenvalue weighted by Crippen LogP contribution is -2.33. The van der Waals surface area contributed by atoms with E-state index in [-0.39, 0.29) is 17.4 Å². The van der Waals surface area contributed by atoms with Crippen molar-refractivity contribution < 1.29 is 27.0 Å². The van der Waals surface area contributed by atoms with Crippen molar-refractivity contribution in [2.45, 2.75) is 161 Å². The Labute approximate surface area is 272 Å². The van der Waals surface area contributed by atoms with Crippen LogP contribution in [0, 0.1) is 23.3 Å². The van der Waals surface area contributed by atoms with E-state index in [4.69, 9.17) is 9.47 Å². The maximum atomic E-state index is 13.6. The molecule has 258 valence electrons. The van der Waals surface area contributed by atoms with Crippen LogP contribution in [0.5, 0.6) is 0 Å². The molecular weight excluding hydrogens is 576 g/mol. The number of methoxy groups -OCH3 is 1. The SMILES string of the molecule is CCCCCCCCC(c1ccc(F)c(F)c1)C(C)(C)OC.CCCCCCCCC(c1ccc(F)c(F)c1)C(C)(C)OCC. The summed E-state index contributed by atoms with van der Waals surface area (Å²) in [6, 6.07) is 8.46. The minimum atomic E-state index is -0.794. The molecule has 0 heterocycles. The first-order chi connectivity index (χ1) is 21.3. The first kappa shape index (κ1) is 41.1. The van der Waals surface area contributed by atoms with Gasteiger partial charge in [0.1, 0.15) is 0 Å². The fourth-order valence-corrected chi connectivity index (χ4v) is 6.16. The molecule has 2 unspecified atom stereocenters. The number of hydrogen-bond acceptors (Lipinski definition) is 2. The topological polar surface area (TPSA) is 18.5 Å². The van der Waals surface area contributed by atoms with Gasteiger partial charge in [0, 0.05) is 25.6 Å². The second-order valence-corrected chi connectivity index (χ2v) is 13.4. The van der Waals surface area contributed by atoms with Gasteiger partial charge in [-0.25, -0.2) is 17.6 Å². The number of ether oxygens (including phenoxy) is 2. The van der Waals surface area contributed by atoms with Crippen LogP contribution in [-0.4, -0.2) is 24.9 Å². The van der Waals surface area contributed by atoms with Gasteiger partial charge in [-0.1, -0.05) is 103 Å². The van der Waals surface area contributed by atoms with Gasteiger partial charge in [-0.2, -0.15) is 0 Å². The van der Waals surface area contributed by atoms with Crippen molar-refractivity contribution in [3.8, 4) is 0 Å². The average Bonchev–Trinajstić information content (AvgIpc) is 2.99. The van der Waals surface area contributed by atoms with Gasteiger partial charge in [-0.05, 0) is 82.9 Å². The Kier molecular flexibility index (Phi) is 19.9. The molecule has 0 aromatic heterocycles. The van der Waals surface area contributed by atoms with Crippen LogP contribution in [-0.2, 0) is 9.47 Å². The highest BCUT2D eigenvalue weighted by Crippen LogP contribution is 2.37. The second-order valence-electron chi connectivity index (χ2n) is 13.4. The first-order valence-electron chi connectivity index (χ1n) is 17.4. The molecule has 2 aromatic rings. The smallest absolute Gasteiger partial charge is 0.159 e. The molecule has 0 bridgehead atoms. The van der Waals surface area contributed by atoms with Crippen molar-refractivity contribution in [2.75, 3.05) is 13.7 Å². The molecular formula is C39H62F4O2. The van der Waals surface area contributed by atoms with E-state index in [0.717, 1.165) is 36.8 Å². The van der Waals surface area contributed by atoms with E-state index < -0.39 is 28.9 Å². The molecule has 6 heteroatoms. The third kappa shape index (κ3) is 15.0. The Bertz CT molecular complexity index is 1070. The van der Waals surface area contributed by atoms with Crippen molar-refractivity contribution in [2.24, 2.45) is 0 Å². The monoisotopic (exact) mass is 638 g/mol. The maximum absolute atomic E-state index is 13.6. The van der Waals surface area contributed by atoms with E-state index in [1.165, 1.54) is 88.5 Å². The molecule has 0 spiro atoms. The molecule has 2 nitrogen and oxygen atoms in total. The molecule has 0 aliphatic heterocycles. The van der Waals surface area contributed by atoms with E-state index >= 15 is 0 Å². The van der Waals surface area contributed by atoms with E-state index in [2.05, 4.69) is 13.8 Å². The highest BCUT2D eigenvalue weighted by molar-refractivity contribution is 5.25. The predicted octanol–water partition coefficient (Wildman–Crippen LogP) is 12.8. The zero-order valence-corrected chi connectivity index (χ0v) is 29.6. The summed E-state index contributed by atoms with van der Waals surface area (Å²) in [5, 5.41) is 0. The summed E-state index contributed by atoms with van der Waals surface area (Å²) >= 11 is 0. The van der Waals surface area contributed by atoms with Gasteiger partial charge in [0.15, 0.2) is 23.3 Å². The zero-order valence-electron chi connectivity index (χ0n) is 29.6. The molecule has 2 atom stereocenters. The standard InChI is InChI=1S/C20H32F2O.C19H30F2O/c1-5-7-8-9-10-11-12-17(20(3,4)23-6-2)16-13-14-18(21)19(22)15-16;1-5-6-7-8-9-10-11-16(19(2,3)22-4)15-12-13-17(20)18(21)14-15/h13-15,17H,5-12H2,1-4H3;12-14,16H,5-11H2,1-4H3. The lowest BCUT2D eigenvalue weighted by molar-refractivity contribution is -0.0335. The molecule has 2 aromatic carbocycles. The largest absolute Gasteiger partial charge is 0.378 e. The third-order valence-electron chi connectivity index (χ3n) is 9.11. The fourth-order valence-electron chi connectivity index (χ4n) is 6.16. The van der Waals surface area contributed by atoms with E-state index in [1.54, 1.807) is 19.2 Å². The number of hydrogen-bond donors (Lipinski definition) is 0. The molecule has 0 N–H and O–H groups in total. The van der Waals surface area contributed by atoms with Crippen LogP contribution < -0.4 is 0 Å². The van der Waals surface area contributed by atoms with Crippen LogP contribution >= 0.6 is 0 Å². The van der Waals surface area contributed by atoms with Crippen molar-refractivity contribution in [3.05, 3.63) is 70.8 Å². The maximum Gasteiger partial charge on any atom is 0.159 e. The van der Waals surface area contributed by atoms with Gasteiger partial charge in [0.05, 0.1) is 11.2 Å². The Balaban J connectivity index is 0.000000450. The predicted molar refractivity (Wildman–Crippen MR) is 181 cm³/mol. The molecule has 0 aliphatic rings. The summed E-state index contributed by atoms with van der Waals surface area (Å²) in [4.78, 5) is 0. The lowest BCUT2D eigenvalue weighted by atomic mass is 9.80. The van der Waals surface area contributed by atoms with Crippen molar-refractivity contribution >= 4 is 0 Å². The number of halogens is 4. The minimum Gasteiger partial charge on any atom is -0.378 e. The van der Waals surface area contributed by atoms with Gasteiger partial charge in [0.2, 0.25) is 0 Å². The molecule has 0 saturated carbocycles. The van der Waals surface area contributed by atoms with Gasteiger partial charge in [-0.3, -0.25) is 0 Å². The third-order valence-corrected chi connectivity index (χ3v) is 9.11. The molecule has 0 radical (unpaired) electrons. The average molecular weight is 639 g/mol. The number of unbranched alkanes of at least 4 members (excludes halogenated alkanes) is 10. The molecule has 0 amide bonds. The van der Waals surface area contributed by atoms with Crippen LogP contribution in [0.25, 0.3) is 0 Å². The summed E-state index contributed by atoms with van der Waals surface area (Å²) in [5.74, 6) is -3.00. The van der Waals surface area contributed by atoms with Gasteiger partial charge < -0.3 is 9.47 Å². The Morgan fingerprint density at radius 2 is 0.911 bits per heavy atom. The molecule has 45 heavy (non-hydrogen) atoms. The van der Waals surface area contributed by atoms with Crippen molar-refractivity contribution in [1.82, 2.24) is 0 Å². The summed E-state index contributed by atoms with van der Waals surface area (Å²) < 4.78 is 65.1. The molecule has 0 fully saturated rings. The van der Waals surface area contributed by atoms with Gasteiger partial charge >= 0.3 is 0 Å². The number of rotatable bonds is 21. The normalized spacial score (nSPS) is 13.3. The minimum absolute atomic E-state index is 0.0683. The van der Waals surface area contributed by atoms with E-state index in [1.807, 2.05) is 34.6 Å². The summed E-state index contributed by atoms with van der Waals surface area (Å²) in [6.45, 7) is 15.1. The number of benzene rings is 2. The first-order valence-corrected chi connectivity index (χ1v) is 17.4. The van der Waals surface area contributed by atoms with E-state index in [0.29, 0.717) is 6.61 Å². The highest BCUT2D eigenvalue weighted by atomic mass is 19.2. The summed E-state index contributed by atoms with van der Waals surface area (Å²) in [6.07, 6.45) is 16.5. The Morgan fingerprint density at radius 3 is 1.27 bits per heavy atom. The van der Waals surface area contributed by atoms with Gasteiger partial charge in [0.25, 0.3) is 0 Å². The summed E-state index contributed by atoms with van der Waals surface area (Å²) in [5.41, 5.74) is 0.867. The van der Waals surface area contributed by atoms with Crippen LogP contribution in [0.3, 0.4) is 0 Å². The van der Waals surface area contributed by atoms with Crippen LogP contribution in [0.4, 0.5) is 17.6 Å².